The number of nitrogens with one attached hydrogen (secondary N) is 1. The van der Waals surface area contributed by atoms with Gasteiger partial charge in [0.2, 0.25) is 0 Å². The lowest BCUT2D eigenvalue weighted by Gasteiger charge is -2.35. The van der Waals surface area contributed by atoms with E-state index < -0.39 is 41.7 Å². The number of halogens is 6. The molecule has 1 saturated heterocycles. The number of rotatable bonds is 3. The molecule has 0 aliphatic carbocycles. The fourth-order valence-electron chi connectivity index (χ4n) is 2.44. The Kier molecular flexibility index (Phi) is 4.77. The topological polar surface area (TPSA) is 15.3 Å². The summed E-state index contributed by atoms with van der Waals surface area (Å²) in [5, 5.41) is 2.97. The van der Waals surface area contributed by atoms with E-state index in [4.69, 9.17) is 0 Å². The van der Waals surface area contributed by atoms with Gasteiger partial charge in [0.05, 0.1) is 6.42 Å². The van der Waals surface area contributed by atoms with Gasteiger partial charge in [0.15, 0.2) is 11.6 Å². The van der Waals surface area contributed by atoms with Crippen molar-refractivity contribution in [3.8, 4) is 0 Å². The number of nitrogens with zero attached hydrogens (tertiary/aromatic N) is 1. The number of hydrogen-bond donors (Lipinski definition) is 1. The van der Waals surface area contributed by atoms with E-state index in [0.29, 0.717) is 19.2 Å². The molecule has 1 aromatic rings. The highest BCUT2D eigenvalue weighted by atomic mass is 19.4. The van der Waals surface area contributed by atoms with Gasteiger partial charge in [-0.25, -0.2) is 13.2 Å². The van der Waals surface area contributed by atoms with E-state index in [2.05, 4.69) is 5.32 Å². The van der Waals surface area contributed by atoms with Crippen LogP contribution in [0.4, 0.5) is 26.3 Å². The van der Waals surface area contributed by atoms with E-state index >= 15 is 0 Å². The van der Waals surface area contributed by atoms with Crippen molar-refractivity contribution in [3.63, 3.8) is 0 Å². The van der Waals surface area contributed by atoms with Gasteiger partial charge >= 0.3 is 6.18 Å². The molecule has 0 amide bonds. The van der Waals surface area contributed by atoms with Gasteiger partial charge in [-0.15, -0.1) is 0 Å². The highest BCUT2D eigenvalue weighted by Gasteiger charge is 2.37. The third kappa shape index (κ3) is 4.10. The van der Waals surface area contributed by atoms with Crippen LogP contribution in [-0.2, 0) is 0 Å². The molecule has 118 valence electrons. The molecule has 0 spiro atoms. The molecule has 1 atom stereocenters. The molecule has 1 heterocycles. The molecule has 0 aromatic heterocycles. The van der Waals surface area contributed by atoms with Crippen molar-refractivity contribution >= 4 is 0 Å². The van der Waals surface area contributed by atoms with E-state index in [0.717, 1.165) is 0 Å². The van der Waals surface area contributed by atoms with Crippen LogP contribution in [0.25, 0.3) is 0 Å². The Balaban J connectivity index is 2.36. The molecule has 2 nitrogen and oxygen atoms in total. The molecule has 8 heteroatoms. The summed E-state index contributed by atoms with van der Waals surface area (Å²) in [5.74, 6) is -3.93. The van der Waals surface area contributed by atoms with E-state index in [1.165, 1.54) is 4.90 Å². The summed E-state index contributed by atoms with van der Waals surface area (Å²) in [7, 11) is 0. The van der Waals surface area contributed by atoms with Crippen molar-refractivity contribution in [2.45, 2.75) is 18.6 Å². The fraction of sp³-hybridized carbons (Fsp3) is 0.538. The predicted octanol–water partition coefficient (Wildman–Crippen LogP) is 3.00. The molecule has 1 N–H and O–H groups in total. The maximum absolute atomic E-state index is 13.8. The van der Waals surface area contributed by atoms with Gasteiger partial charge in [-0.2, -0.15) is 13.2 Å². The molecule has 1 fully saturated rings. The highest BCUT2D eigenvalue weighted by molar-refractivity contribution is 5.24. The SMILES string of the molecule is Fc1cc(F)c([C@H](CC(F)(F)F)N2CCNCC2)cc1F. The number of alkyl halides is 3. The van der Waals surface area contributed by atoms with Gasteiger partial charge in [0.1, 0.15) is 5.82 Å². The predicted molar refractivity (Wildman–Crippen MR) is 64.2 cm³/mol. The standard InChI is InChI=1S/C13H14F6N2/c14-9-6-11(16)10(15)5-8(9)12(7-13(17,18)19)21-3-1-20-2-4-21/h5-6,12,20H,1-4,7H2/t12-/m0/s1. The van der Waals surface area contributed by atoms with Gasteiger partial charge in [-0.3, -0.25) is 4.90 Å². The molecule has 0 unspecified atom stereocenters. The molecule has 0 bridgehead atoms. The van der Waals surface area contributed by atoms with Gasteiger partial charge in [-0.1, -0.05) is 0 Å². The minimum atomic E-state index is -4.53. The summed E-state index contributed by atoms with van der Waals surface area (Å²) < 4.78 is 78.2. The average Bonchev–Trinajstić information content (AvgIpc) is 2.40. The van der Waals surface area contributed by atoms with Crippen LogP contribution >= 0.6 is 0 Å². The van der Waals surface area contributed by atoms with Gasteiger partial charge in [-0.05, 0) is 6.07 Å². The summed E-state index contributed by atoms with van der Waals surface area (Å²) in [5.41, 5.74) is -0.465. The minimum absolute atomic E-state index is 0.277. The van der Waals surface area contributed by atoms with Crippen LogP contribution in [0.1, 0.15) is 18.0 Å². The molecular weight excluding hydrogens is 298 g/mol. The third-order valence-corrected chi connectivity index (χ3v) is 3.42. The quantitative estimate of drug-likeness (QED) is 0.682. The monoisotopic (exact) mass is 312 g/mol. The minimum Gasteiger partial charge on any atom is -0.314 e. The first-order chi connectivity index (χ1) is 9.78. The van der Waals surface area contributed by atoms with Crippen molar-refractivity contribution in [2.24, 2.45) is 0 Å². The summed E-state index contributed by atoms with van der Waals surface area (Å²) in [6.45, 7) is 1.47. The van der Waals surface area contributed by atoms with Crippen molar-refractivity contribution in [2.75, 3.05) is 26.2 Å². The van der Waals surface area contributed by atoms with Crippen LogP contribution < -0.4 is 5.32 Å². The summed E-state index contributed by atoms with van der Waals surface area (Å²) in [6, 6.07) is -0.554. The van der Waals surface area contributed by atoms with Crippen LogP contribution in [0, 0.1) is 17.5 Å². The lowest BCUT2D eigenvalue weighted by atomic mass is 10.00. The highest BCUT2D eigenvalue weighted by Crippen LogP contribution is 2.35. The second-order valence-electron chi connectivity index (χ2n) is 4.91. The van der Waals surface area contributed by atoms with Gasteiger partial charge < -0.3 is 5.32 Å². The summed E-state index contributed by atoms with van der Waals surface area (Å²) in [6.07, 6.45) is -5.85. The molecule has 1 aliphatic heterocycles. The smallest absolute Gasteiger partial charge is 0.314 e. The van der Waals surface area contributed by atoms with Crippen molar-refractivity contribution in [1.29, 1.82) is 0 Å². The van der Waals surface area contributed by atoms with E-state index in [9.17, 15) is 26.3 Å². The summed E-state index contributed by atoms with van der Waals surface area (Å²) >= 11 is 0. The Morgan fingerprint density at radius 2 is 1.57 bits per heavy atom. The average molecular weight is 312 g/mol. The number of piperazine rings is 1. The fourth-order valence-corrected chi connectivity index (χ4v) is 2.44. The van der Waals surface area contributed by atoms with E-state index in [1.807, 2.05) is 0 Å². The zero-order valence-corrected chi connectivity index (χ0v) is 11.0. The zero-order valence-electron chi connectivity index (χ0n) is 11.0. The maximum Gasteiger partial charge on any atom is 0.390 e. The molecule has 0 radical (unpaired) electrons. The van der Waals surface area contributed by atoms with Gasteiger partial charge in [0.25, 0.3) is 0 Å². The molecular formula is C13H14F6N2. The summed E-state index contributed by atoms with van der Waals surface area (Å²) in [4.78, 5) is 1.43. The molecule has 1 aliphatic rings. The van der Waals surface area contributed by atoms with Crippen LogP contribution in [0.5, 0.6) is 0 Å². The Hall–Kier alpha value is -1.28. The number of benzene rings is 1. The molecule has 2 rings (SSSR count). The van der Waals surface area contributed by atoms with Crippen LogP contribution in [0.15, 0.2) is 12.1 Å². The Bertz CT molecular complexity index is 496. The number of hydrogen-bond acceptors (Lipinski definition) is 2. The molecule has 21 heavy (non-hydrogen) atoms. The first-order valence-electron chi connectivity index (χ1n) is 6.44. The molecule has 1 aromatic carbocycles. The Morgan fingerprint density at radius 1 is 1.00 bits per heavy atom. The van der Waals surface area contributed by atoms with Crippen molar-refractivity contribution in [1.82, 2.24) is 10.2 Å². The van der Waals surface area contributed by atoms with Crippen molar-refractivity contribution < 1.29 is 26.3 Å². The lowest BCUT2D eigenvalue weighted by molar-refractivity contribution is -0.149. The van der Waals surface area contributed by atoms with Crippen LogP contribution in [-0.4, -0.2) is 37.3 Å². The normalized spacial score (nSPS) is 18.8. The largest absolute Gasteiger partial charge is 0.390 e. The van der Waals surface area contributed by atoms with Crippen LogP contribution in [0.2, 0.25) is 0 Å². The third-order valence-electron chi connectivity index (χ3n) is 3.42. The van der Waals surface area contributed by atoms with Crippen LogP contribution in [0.3, 0.4) is 0 Å². The Morgan fingerprint density at radius 3 is 2.14 bits per heavy atom. The lowest BCUT2D eigenvalue weighted by Crippen LogP contribution is -2.46. The zero-order chi connectivity index (χ0) is 15.6. The van der Waals surface area contributed by atoms with E-state index in [-0.39, 0.29) is 19.2 Å². The molecule has 0 saturated carbocycles. The van der Waals surface area contributed by atoms with Gasteiger partial charge in [0, 0.05) is 43.9 Å². The van der Waals surface area contributed by atoms with E-state index in [1.54, 1.807) is 0 Å². The second-order valence-corrected chi connectivity index (χ2v) is 4.91. The maximum atomic E-state index is 13.8. The first-order valence-corrected chi connectivity index (χ1v) is 6.44. The second kappa shape index (κ2) is 6.23. The Labute approximate surface area is 117 Å². The van der Waals surface area contributed by atoms with Crippen molar-refractivity contribution in [3.05, 3.63) is 35.1 Å². The first kappa shape index (κ1) is 16.1.